The fourth-order valence-corrected chi connectivity index (χ4v) is 3.46. The fraction of sp³-hybridized carbons (Fsp3) is 0.350. The summed E-state index contributed by atoms with van der Waals surface area (Å²) in [5, 5.41) is 2.71. The molecule has 1 aromatic carbocycles. The van der Waals surface area contributed by atoms with Gasteiger partial charge in [-0.2, -0.15) is 0 Å². The summed E-state index contributed by atoms with van der Waals surface area (Å²) < 4.78 is 18.3. The van der Waals surface area contributed by atoms with Crippen LogP contribution in [0, 0.1) is 5.82 Å². The number of carbonyl (C=O) groups excluding carboxylic acids is 3. The first kappa shape index (κ1) is 22.5. The number of amides is 2. The highest BCUT2D eigenvalue weighted by molar-refractivity contribution is 7.18. The summed E-state index contributed by atoms with van der Waals surface area (Å²) in [6, 6.07) is 7.51. The van der Waals surface area contributed by atoms with E-state index in [4.69, 9.17) is 4.74 Å². The molecule has 0 bridgehead atoms. The van der Waals surface area contributed by atoms with Gasteiger partial charge in [-0.1, -0.05) is 12.1 Å². The quantitative estimate of drug-likeness (QED) is 0.663. The maximum atomic E-state index is 13.2. The van der Waals surface area contributed by atoms with Crippen LogP contribution in [0.4, 0.5) is 10.1 Å². The first-order valence-corrected chi connectivity index (χ1v) is 9.78. The first-order valence-electron chi connectivity index (χ1n) is 8.96. The van der Waals surface area contributed by atoms with E-state index >= 15 is 0 Å². The summed E-state index contributed by atoms with van der Waals surface area (Å²) in [4.78, 5) is 40.5. The van der Waals surface area contributed by atoms with Crippen molar-refractivity contribution in [3.05, 3.63) is 41.0 Å². The highest BCUT2D eigenvalue weighted by atomic mass is 32.1. The number of carbonyl (C=O) groups is 3. The maximum Gasteiger partial charge on any atom is 0.350 e. The van der Waals surface area contributed by atoms with Crippen molar-refractivity contribution in [2.45, 2.75) is 6.92 Å². The molecular weight excluding hydrogens is 397 g/mol. The molecule has 0 saturated carbocycles. The second-order valence-corrected chi connectivity index (χ2v) is 7.64. The van der Waals surface area contributed by atoms with Crippen molar-refractivity contribution in [2.24, 2.45) is 0 Å². The maximum absolute atomic E-state index is 13.2. The van der Waals surface area contributed by atoms with E-state index in [0.717, 1.165) is 16.9 Å². The number of rotatable bonds is 8. The van der Waals surface area contributed by atoms with E-state index in [1.165, 1.54) is 17.0 Å². The minimum Gasteiger partial charge on any atom is -0.462 e. The van der Waals surface area contributed by atoms with Crippen LogP contribution in [0.5, 0.6) is 0 Å². The molecule has 0 aliphatic heterocycles. The first-order chi connectivity index (χ1) is 13.7. The second-order valence-electron chi connectivity index (χ2n) is 6.59. The zero-order chi connectivity index (χ0) is 21.6. The Kier molecular flexibility index (Phi) is 7.86. The van der Waals surface area contributed by atoms with Crippen molar-refractivity contribution in [3.63, 3.8) is 0 Å². The highest BCUT2D eigenvalue weighted by Gasteiger charge is 2.21. The summed E-state index contributed by atoms with van der Waals surface area (Å²) in [6.07, 6.45) is 0. The molecule has 2 amide bonds. The van der Waals surface area contributed by atoms with Gasteiger partial charge in [0.25, 0.3) is 0 Å². The summed E-state index contributed by atoms with van der Waals surface area (Å²) in [5.74, 6) is -1.40. The van der Waals surface area contributed by atoms with Gasteiger partial charge in [0, 0.05) is 19.0 Å². The second kappa shape index (κ2) is 10.1. The van der Waals surface area contributed by atoms with Gasteiger partial charge < -0.3 is 15.0 Å². The SMILES string of the molecule is CCOC(=O)c1sc(-c2ccc(F)cc2)cc1NC(=O)CN(C)CC(=O)N(C)C. The van der Waals surface area contributed by atoms with E-state index in [9.17, 15) is 18.8 Å². The van der Waals surface area contributed by atoms with E-state index in [2.05, 4.69) is 5.32 Å². The van der Waals surface area contributed by atoms with E-state index in [-0.39, 0.29) is 42.2 Å². The van der Waals surface area contributed by atoms with Crippen LogP contribution in [0.3, 0.4) is 0 Å². The number of nitrogens with one attached hydrogen (secondary N) is 1. The molecule has 0 aliphatic rings. The Morgan fingerprint density at radius 3 is 2.34 bits per heavy atom. The van der Waals surface area contributed by atoms with Crippen LogP contribution in [-0.4, -0.2) is 68.4 Å². The molecule has 1 heterocycles. The Labute approximate surface area is 173 Å². The van der Waals surface area contributed by atoms with Crippen molar-refractivity contribution in [2.75, 3.05) is 46.2 Å². The number of likely N-dealkylation sites (N-methyl/N-ethyl adjacent to an activating group) is 2. The Hall–Kier alpha value is -2.78. The lowest BCUT2D eigenvalue weighted by Crippen LogP contribution is -2.38. The van der Waals surface area contributed by atoms with E-state index in [1.54, 1.807) is 51.2 Å². The third kappa shape index (κ3) is 6.37. The van der Waals surface area contributed by atoms with E-state index in [1.807, 2.05) is 0 Å². The topological polar surface area (TPSA) is 79.0 Å². The van der Waals surface area contributed by atoms with Gasteiger partial charge in [-0.25, -0.2) is 9.18 Å². The van der Waals surface area contributed by atoms with E-state index in [0.29, 0.717) is 10.6 Å². The summed E-state index contributed by atoms with van der Waals surface area (Å²) in [7, 11) is 4.94. The van der Waals surface area contributed by atoms with Gasteiger partial charge in [-0.15, -0.1) is 11.3 Å². The highest BCUT2D eigenvalue weighted by Crippen LogP contribution is 2.35. The zero-order valence-electron chi connectivity index (χ0n) is 16.8. The number of hydrogen-bond donors (Lipinski definition) is 1. The Balaban J connectivity index is 2.19. The molecule has 0 unspecified atom stereocenters. The smallest absolute Gasteiger partial charge is 0.350 e. The molecule has 0 atom stereocenters. The summed E-state index contributed by atoms with van der Waals surface area (Å²) in [6.45, 7) is 1.96. The van der Waals surface area contributed by atoms with Gasteiger partial charge in [0.1, 0.15) is 10.7 Å². The number of esters is 1. The predicted octanol–water partition coefficient (Wildman–Crippen LogP) is 2.69. The number of hydrogen-bond acceptors (Lipinski definition) is 6. The van der Waals surface area contributed by atoms with Crippen molar-refractivity contribution in [1.82, 2.24) is 9.80 Å². The fourth-order valence-electron chi connectivity index (χ4n) is 2.45. The molecule has 29 heavy (non-hydrogen) atoms. The monoisotopic (exact) mass is 421 g/mol. The molecule has 0 spiro atoms. The molecule has 7 nitrogen and oxygen atoms in total. The lowest BCUT2D eigenvalue weighted by atomic mass is 10.2. The third-order valence-corrected chi connectivity index (χ3v) is 5.08. The molecule has 0 fully saturated rings. The van der Waals surface area contributed by atoms with Gasteiger partial charge >= 0.3 is 5.97 Å². The van der Waals surface area contributed by atoms with Gasteiger partial charge in [0.05, 0.1) is 25.4 Å². The molecule has 1 aromatic heterocycles. The summed E-state index contributed by atoms with van der Waals surface area (Å²) >= 11 is 1.16. The average Bonchev–Trinajstić information content (AvgIpc) is 3.05. The van der Waals surface area contributed by atoms with Crippen LogP contribution in [0.25, 0.3) is 10.4 Å². The van der Waals surface area contributed by atoms with Gasteiger partial charge in [-0.3, -0.25) is 14.5 Å². The normalized spacial score (nSPS) is 10.7. The Morgan fingerprint density at radius 2 is 1.76 bits per heavy atom. The molecular formula is C20H24FN3O4S. The number of halogens is 1. The summed E-state index contributed by atoms with van der Waals surface area (Å²) in [5.41, 5.74) is 1.04. The molecule has 2 rings (SSSR count). The van der Waals surface area contributed by atoms with E-state index < -0.39 is 5.97 Å². The molecule has 1 N–H and O–H groups in total. The van der Waals surface area contributed by atoms with Gasteiger partial charge in [0.15, 0.2) is 0 Å². The predicted molar refractivity (Wildman–Crippen MR) is 110 cm³/mol. The van der Waals surface area contributed by atoms with Crippen molar-refractivity contribution >= 4 is 34.8 Å². The third-order valence-electron chi connectivity index (χ3n) is 3.91. The number of nitrogens with zero attached hydrogens (tertiary/aromatic N) is 2. The van der Waals surface area contributed by atoms with Crippen LogP contribution in [0.1, 0.15) is 16.6 Å². The lowest BCUT2D eigenvalue weighted by Gasteiger charge is -2.18. The molecule has 156 valence electrons. The van der Waals surface area contributed by atoms with Gasteiger partial charge in [0.2, 0.25) is 11.8 Å². The van der Waals surface area contributed by atoms with Crippen LogP contribution in [0.2, 0.25) is 0 Å². The molecule has 0 aliphatic carbocycles. The van der Waals surface area contributed by atoms with Crippen LogP contribution in [0.15, 0.2) is 30.3 Å². The minimum atomic E-state index is -0.544. The van der Waals surface area contributed by atoms with Crippen molar-refractivity contribution < 1.29 is 23.5 Å². The van der Waals surface area contributed by atoms with Gasteiger partial charge in [-0.05, 0) is 37.7 Å². The molecule has 9 heteroatoms. The molecule has 0 radical (unpaired) electrons. The Morgan fingerprint density at radius 1 is 1.10 bits per heavy atom. The zero-order valence-corrected chi connectivity index (χ0v) is 17.6. The number of ether oxygens (including phenoxy) is 1. The average molecular weight is 421 g/mol. The molecule has 2 aromatic rings. The lowest BCUT2D eigenvalue weighted by molar-refractivity contribution is -0.130. The minimum absolute atomic E-state index is 0.0242. The molecule has 0 saturated heterocycles. The standard InChI is InChI=1S/C20H24FN3O4S/c1-5-28-20(27)19-15(10-16(29-19)13-6-8-14(21)9-7-13)22-17(25)11-24(4)12-18(26)23(2)3/h6-10H,5,11-12H2,1-4H3,(H,22,25). The number of anilines is 1. The largest absolute Gasteiger partial charge is 0.462 e. The van der Waals surface area contributed by atoms with Crippen molar-refractivity contribution in [1.29, 1.82) is 0 Å². The number of benzene rings is 1. The van der Waals surface area contributed by atoms with Crippen LogP contribution >= 0.6 is 11.3 Å². The van der Waals surface area contributed by atoms with Crippen LogP contribution in [-0.2, 0) is 14.3 Å². The van der Waals surface area contributed by atoms with Crippen LogP contribution < -0.4 is 5.32 Å². The Bertz CT molecular complexity index is 880. The number of thiophene rings is 1. The van der Waals surface area contributed by atoms with Crippen molar-refractivity contribution in [3.8, 4) is 10.4 Å².